The molecule has 1 aliphatic heterocycles. The van der Waals surface area contributed by atoms with Crippen LogP contribution in [0.2, 0.25) is 5.15 Å². The molecule has 1 saturated heterocycles. The summed E-state index contributed by atoms with van der Waals surface area (Å²) in [4.78, 5) is 32.9. The molecule has 0 amide bonds. The summed E-state index contributed by atoms with van der Waals surface area (Å²) < 4.78 is 59.7. The van der Waals surface area contributed by atoms with Gasteiger partial charge < -0.3 is 18.8 Å². The number of carbonyl (C=O) groups is 2. The van der Waals surface area contributed by atoms with Crippen molar-refractivity contribution in [2.45, 2.75) is 31.0 Å². The quantitative estimate of drug-likeness (QED) is 0.234. The van der Waals surface area contributed by atoms with E-state index in [1.54, 1.807) is 60.7 Å². The number of esters is 2. The first-order valence-corrected chi connectivity index (χ1v) is 11.8. The highest BCUT2D eigenvalue weighted by Gasteiger charge is 2.43. The monoisotopic (exact) mass is 545 g/mol. The van der Waals surface area contributed by atoms with E-state index in [-0.39, 0.29) is 29.4 Å². The summed E-state index contributed by atoms with van der Waals surface area (Å²) in [5, 5.41) is -0.789. The fraction of sp³-hybridized carbons (Fsp3) is 0.231. The van der Waals surface area contributed by atoms with Crippen molar-refractivity contribution in [1.82, 2.24) is 14.5 Å². The molecule has 2 aromatic heterocycles. The van der Waals surface area contributed by atoms with Crippen LogP contribution in [0.4, 0.5) is 13.2 Å². The minimum absolute atomic E-state index is 0.0468. The molecule has 0 unspecified atom stereocenters. The minimum Gasteiger partial charge on any atom is -0.459 e. The molecule has 3 atom stereocenters. The summed E-state index contributed by atoms with van der Waals surface area (Å²) in [6, 6.07) is 16.4. The van der Waals surface area contributed by atoms with E-state index in [1.807, 2.05) is 0 Å². The third-order valence-electron chi connectivity index (χ3n) is 5.97. The van der Waals surface area contributed by atoms with Crippen molar-refractivity contribution in [3.8, 4) is 0 Å². The molecule has 0 radical (unpaired) electrons. The minimum atomic E-state index is -4.77. The fourth-order valence-corrected chi connectivity index (χ4v) is 4.47. The third-order valence-corrected chi connectivity index (χ3v) is 6.25. The number of nitrogens with zero attached hydrogens (tertiary/aromatic N) is 3. The van der Waals surface area contributed by atoms with E-state index in [4.69, 9.17) is 25.8 Å². The number of fused-ring (bicyclic) bond motifs is 1. The van der Waals surface area contributed by atoms with Crippen molar-refractivity contribution >= 4 is 34.6 Å². The number of rotatable bonds is 6. The average molecular weight is 546 g/mol. The lowest BCUT2D eigenvalue weighted by Gasteiger charge is -2.21. The predicted molar refractivity (Wildman–Crippen MR) is 128 cm³/mol. The Balaban J connectivity index is 1.45. The first-order valence-electron chi connectivity index (χ1n) is 11.4. The van der Waals surface area contributed by atoms with Gasteiger partial charge in [-0.15, -0.1) is 0 Å². The summed E-state index contributed by atoms with van der Waals surface area (Å²) in [7, 11) is 0. The molecule has 38 heavy (non-hydrogen) atoms. The lowest BCUT2D eigenvalue weighted by Crippen LogP contribution is -2.25. The molecule has 2 aromatic carbocycles. The lowest BCUT2D eigenvalue weighted by molar-refractivity contribution is -0.136. The summed E-state index contributed by atoms with van der Waals surface area (Å²) in [5.74, 6) is -1.29. The fourth-order valence-electron chi connectivity index (χ4n) is 4.24. The topological polar surface area (TPSA) is 92.5 Å². The Labute approximate surface area is 218 Å². The molecule has 0 aliphatic carbocycles. The van der Waals surface area contributed by atoms with Crippen LogP contribution in [0.3, 0.4) is 0 Å². The van der Waals surface area contributed by atoms with Gasteiger partial charge in [0.25, 0.3) is 0 Å². The van der Waals surface area contributed by atoms with Gasteiger partial charge in [-0.05, 0) is 24.3 Å². The summed E-state index contributed by atoms with van der Waals surface area (Å²) in [5.41, 5.74) is -0.630. The Morgan fingerprint density at radius 1 is 1.00 bits per heavy atom. The van der Waals surface area contributed by atoms with Crippen molar-refractivity contribution < 1.29 is 37.0 Å². The average Bonchev–Trinajstić information content (AvgIpc) is 3.50. The van der Waals surface area contributed by atoms with E-state index in [2.05, 4.69) is 9.97 Å². The summed E-state index contributed by atoms with van der Waals surface area (Å²) in [6.45, 7) is -0.218. The number of hydrogen-bond donors (Lipinski definition) is 0. The second-order valence-electron chi connectivity index (χ2n) is 8.47. The molecule has 1 fully saturated rings. The number of alkyl halides is 3. The van der Waals surface area contributed by atoms with Crippen LogP contribution in [-0.4, -0.2) is 45.3 Å². The predicted octanol–water partition coefficient (Wildman–Crippen LogP) is 5.47. The molecule has 12 heteroatoms. The van der Waals surface area contributed by atoms with Crippen molar-refractivity contribution in [1.29, 1.82) is 0 Å². The van der Waals surface area contributed by atoms with Gasteiger partial charge in [-0.25, -0.2) is 19.6 Å². The Bertz CT molecular complexity index is 1460. The molecular weight excluding hydrogens is 527 g/mol. The molecular formula is C26H19ClF3N3O5. The highest BCUT2D eigenvalue weighted by molar-refractivity contribution is 6.34. The van der Waals surface area contributed by atoms with Crippen LogP contribution in [0.15, 0.2) is 73.2 Å². The lowest BCUT2D eigenvalue weighted by atomic mass is 10.2. The Hall–Kier alpha value is -3.96. The Morgan fingerprint density at radius 2 is 1.63 bits per heavy atom. The number of ether oxygens (including phenoxy) is 3. The standard InChI is InChI=1S/C26H19ClF3N3O5/c27-21-20-18(26(28,29)30)12-33(22(20)32-14-31-21)23-19(38-25(35)16-9-5-2-6-10-16)11-17(37-23)13-36-24(34)15-7-3-1-4-8-15/h1-10,12,14,17,19,23H,11,13H2/t17-,19+,23+/m0/s1. The first-order chi connectivity index (χ1) is 18.2. The zero-order valence-corrected chi connectivity index (χ0v) is 20.2. The zero-order chi connectivity index (χ0) is 26.9. The van der Waals surface area contributed by atoms with Crippen LogP contribution in [0.1, 0.15) is 38.9 Å². The van der Waals surface area contributed by atoms with Crippen LogP contribution in [0, 0.1) is 0 Å². The molecule has 0 N–H and O–H groups in total. The first kappa shape index (κ1) is 25.7. The van der Waals surface area contributed by atoms with E-state index in [1.165, 1.54) is 0 Å². The number of carbonyl (C=O) groups excluding carboxylic acids is 2. The van der Waals surface area contributed by atoms with Crippen LogP contribution in [0.5, 0.6) is 0 Å². The van der Waals surface area contributed by atoms with Gasteiger partial charge in [0.15, 0.2) is 6.23 Å². The molecule has 1 aliphatic rings. The molecule has 0 saturated carbocycles. The highest BCUT2D eigenvalue weighted by atomic mass is 35.5. The third kappa shape index (κ3) is 5.20. The highest BCUT2D eigenvalue weighted by Crippen LogP contribution is 2.42. The van der Waals surface area contributed by atoms with Gasteiger partial charge in [0.2, 0.25) is 0 Å². The van der Waals surface area contributed by atoms with Gasteiger partial charge in [0.05, 0.1) is 28.2 Å². The molecule has 0 spiro atoms. The SMILES string of the molecule is O=C(OC[C@@H]1C[C@@H](OC(=O)c2ccccc2)[C@H](n2cc(C(F)(F)F)c3c(Cl)ncnc32)O1)c1ccccc1. The molecule has 3 heterocycles. The number of halogens is 4. The largest absolute Gasteiger partial charge is 0.459 e. The van der Waals surface area contributed by atoms with Crippen molar-refractivity contribution in [2.24, 2.45) is 0 Å². The van der Waals surface area contributed by atoms with Crippen LogP contribution in [-0.2, 0) is 20.4 Å². The molecule has 5 rings (SSSR count). The van der Waals surface area contributed by atoms with Crippen molar-refractivity contribution in [2.75, 3.05) is 6.61 Å². The van der Waals surface area contributed by atoms with E-state index >= 15 is 0 Å². The van der Waals surface area contributed by atoms with E-state index < -0.39 is 47.5 Å². The van der Waals surface area contributed by atoms with Crippen molar-refractivity contribution in [3.05, 3.63) is 95.0 Å². The number of benzene rings is 2. The summed E-state index contributed by atoms with van der Waals surface area (Å²) >= 11 is 6.01. The van der Waals surface area contributed by atoms with Gasteiger partial charge in [0.1, 0.15) is 29.8 Å². The molecule has 0 bridgehead atoms. The maximum atomic E-state index is 13.9. The molecule has 8 nitrogen and oxygen atoms in total. The van der Waals surface area contributed by atoms with Crippen LogP contribution in [0.25, 0.3) is 11.0 Å². The number of hydrogen-bond acceptors (Lipinski definition) is 7. The van der Waals surface area contributed by atoms with Gasteiger partial charge in [0, 0.05) is 12.6 Å². The van der Waals surface area contributed by atoms with Gasteiger partial charge >= 0.3 is 18.1 Å². The molecule has 196 valence electrons. The Kier molecular flexibility index (Phi) is 7.04. The van der Waals surface area contributed by atoms with Crippen LogP contribution >= 0.6 is 11.6 Å². The molecule has 4 aromatic rings. The Morgan fingerprint density at radius 3 is 2.26 bits per heavy atom. The second-order valence-corrected chi connectivity index (χ2v) is 8.83. The van der Waals surface area contributed by atoms with Gasteiger partial charge in [-0.2, -0.15) is 13.2 Å². The number of aromatic nitrogens is 3. The normalized spacial score (nSPS) is 19.4. The van der Waals surface area contributed by atoms with Crippen molar-refractivity contribution in [3.63, 3.8) is 0 Å². The van der Waals surface area contributed by atoms with Gasteiger partial charge in [-0.1, -0.05) is 48.0 Å². The van der Waals surface area contributed by atoms with E-state index in [0.29, 0.717) is 5.56 Å². The van der Waals surface area contributed by atoms with E-state index in [0.717, 1.165) is 17.1 Å². The van der Waals surface area contributed by atoms with Gasteiger partial charge in [-0.3, -0.25) is 0 Å². The zero-order valence-electron chi connectivity index (χ0n) is 19.5. The maximum absolute atomic E-state index is 13.9. The van der Waals surface area contributed by atoms with E-state index in [9.17, 15) is 22.8 Å². The van der Waals surface area contributed by atoms with Crippen LogP contribution < -0.4 is 0 Å². The summed E-state index contributed by atoms with van der Waals surface area (Å²) in [6.07, 6.45) is -5.92. The maximum Gasteiger partial charge on any atom is 0.418 e. The second kappa shape index (κ2) is 10.4. The smallest absolute Gasteiger partial charge is 0.418 e.